The summed E-state index contributed by atoms with van der Waals surface area (Å²) in [6.45, 7) is 4.55. The molecule has 0 spiro atoms. The van der Waals surface area contributed by atoms with Gasteiger partial charge in [0.05, 0.1) is 0 Å². The van der Waals surface area contributed by atoms with Crippen molar-refractivity contribution in [3.63, 3.8) is 0 Å². The van der Waals surface area contributed by atoms with E-state index in [2.05, 4.69) is 73.6 Å². The Balaban J connectivity index is 3.07. The standard InChI is InChI=1S/C16H31B4NO/c1-4-7-14(17)13(5-2)11-8-6-9-12(10-11)21(3)16(19,20)15(18)22/h6,8-10,13-15,22H,4-5,7,17-20H2,1-3H3. The topological polar surface area (TPSA) is 23.5 Å². The Labute approximate surface area is 140 Å². The zero-order valence-electron chi connectivity index (χ0n) is 15.6. The maximum atomic E-state index is 10.1. The van der Waals surface area contributed by atoms with Crippen LogP contribution in [0.15, 0.2) is 24.3 Å². The van der Waals surface area contributed by atoms with Crippen LogP contribution in [0.2, 0.25) is 5.82 Å². The molecule has 0 saturated heterocycles. The molecule has 1 N–H and O–H groups in total. The Morgan fingerprint density at radius 1 is 1.23 bits per heavy atom. The number of hydrogen-bond acceptors (Lipinski definition) is 2. The number of benzene rings is 1. The first kappa shape index (κ1) is 19.3. The molecule has 6 heteroatoms. The first-order valence-corrected chi connectivity index (χ1v) is 8.77. The summed E-state index contributed by atoms with van der Waals surface area (Å²) >= 11 is 0. The Morgan fingerprint density at radius 2 is 1.86 bits per heavy atom. The van der Waals surface area contributed by atoms with Gasteiger partial charge in [-0.25, -0.2) is 0 Å². The molecule has 3 atom stereocenters. The lowest BCUT2D eigenvalue weighted by Crippen LogP contribution is -2.57. The summed E-state index contributed by atoms with van der Waals surface area (Å²) in [7, 11) is 10.5. The van der Waals surface area contributed by atoms with Crippen molar-refractivity contribution in [1.29, 1.82) is 0 Å². The molecule has 0 bridgehead atoms. The fourth-order valence-electron chi connectivity index (χ4n) is 3.20. The van der Waals surface area contributed by atoms with Crippen molar-refractivity contribution in [3.8, 4) is 0 Å². The minimum atomic E-state index is -0.387. The largest absolute Gasteiger partial charge is 0.401 e. The van der Waals surface area contributed by atoms with Crippen molar-refractivity contribution in [2.24, 2.45) is 0 Å². The minimum absolute atomic E-state index is 0.282. The summed E-state index contributed by atoms with van der Waals surface area (Å²) < 4.78 is 0. The van der Waals surface area contributed by atoms with E-state index < -0.39 is 0 Å². The second kappa shape index (κ2) is 8.19. The van der Waals surface area contributed by atoms with Crippen LogP contribution in [0, 0.1) is 0 Å². The zero-order chi connectivity index (χ0) is 16.9. The monoisotopic (exact) mass is 297 g/mol. The van der Waals surface area contributed by atoms with Crippen molar-refractivity contribution in [1.82, 2.24) is 0 Å². The molecule has 0 fully saturated rings. The normalized spacial score (nSPS) is 16.0. The van der Waals surface area contributed by atoms with E-state index in [-0.39, 0.29) is 11.3 Å². The van der Waals surface area contributed by atoms with E-state index in [4.69, 9.17) is 0 Å². The van der Waals surface area contributed by atoms with Gasteiger partial charge in [-0.2, -0.15) is 0 Å². The van der Waals surface area contributed by atoms with Gasteiger partial charge >= 0.3 is 0 Å². The van der Waals surface area contributed by atoms with Crippen LogP contribution in [0.1, 0.15) is 44.6 Å². The molecule has 1 rings (SSSR count). The number of aliphatic hydroxyl groups is 1. The quantitative estimate of drug-likeness (QED) is 0.667. The van der Waals surface area contributed by atoms with Crippen molar-refractivity contribution >= 4 is 37.1 Å². The summed E-state index contributed by atoms with van der Waals surface area (Å²) in [5.41, 5.74) is 2.61. The molecular formula is C16H31B4NO. The van der Waals surface area contributed by atoms with E-state index in [1.165, 1.54) is 30.5 Å². The highest BCUT2D eigenvalue weighted by Crippen LogP contribution is 2.35. The van der Waals surface area contributed by atoms with Gasteiger partial charge < -0.3 is 10.0 Å². The molecule has 22 heavy (non-hydrogen) atoms. The molecule has 0 saturated carbocycles. The van der Waals surface area contributed by atoms with Gasteiger partial charge in [-0.05, 0) is 35.4 Å². The van der Waals surface area contributed by atoms with Crippen molar-refractivity contribution in [2.75, 3.05) is 11.9 Å². The van der Waals surface area contributed by atoms with Crippen LogP contribution in [-0.2, 0) is 0 Å². The third-order valence-corrected chi connectivity index (χ3v) is 5.44. The summed E-state index contributed by atoms with van der Waals surface area (Å²) in [5.74, 6) is 1.32. The first-order valence-electron chi connectivity index (χ1n) is 8.77. The van der Waals surface area contributed by atoms with Gasteiger partial charge in [-0.3, -0.25) is 0 Å². The summed E-state index contributed by atoms with van der Waals surface area (Å²) in [6, 6.07) is 8.48. The maximum Gasteiger partial charge on any atom is 0.139 e. The average Bonchev–Trinajstić information content (AvgIpc) is 2.47. The van der Waals surface area contributed by atoms with Crippen LogP contribution in [0.5, 0.6) is 0 Å². The highest BCUT2D eigenvalue weighted by molar-refractivity contribution is 6.45. The number of nitrogens with zero attached hydrogens (tertiary/aromatic N) is 1. The van der Waals surface area contributed by atoms with Gasteiger partial charge in [0.1, 0.15) is 31.4 Å². The van der Waals surface area contributed by atoms with Gasteiger partial charge in [0.2, 0.25) is 0 Å². The number of hydrogen-bond donors (Lipinski definition) is 1. The fraction of sp³-hybridized carbons (Fsp3) is 0.625. The molecule has 0 aliphatic heterocycles. The number of likely N-dealkylation sites (N-methyl/N-ethyl adjacent to an activating group) is 1. The highest BCUT2D eigenvalue weighted by atomic mass is 16.3. The third kappa shape index (κ3) is 4.38. The zero-order valence-corrected chi connectivity index (χ0v) is 15.6. The van der Waals surface area contributed by atoms with E-state index in [1.54, 1.807) is 0 Å². The van der Waals surface area contributed by atoms with Gasteiger partial charge in [0, 0.05) is 18.7 Å². The SMILES string of the molecule is BC(CCC)C(CC)c1cccc(N(C)C(B)(B)C(B)O)c1. The van der Waals surface area contributed by atoms with Gasteiger partial charge in [-0.1, -0.05) is 44.6 Å². The summed E-state index contributed by atoms with van der Waals surface area (Å²) in [6.07, 6.45) is 3.69. The molecule has 0 aliphatic rings. The molecular weight excluding hydrogens is 265 g/mol. The maximum absolute atomic E-state index is 10.1. The van der Waals surface area contributed by atoms with E-state index >= 15 is 0 Å². The van der Waals surface area contributed by atoms with E-state index in [0.717, 1.165) is 0 Å². The number of aliphatic hydroxyl groups excluding tert-OH is 1. The van der Waals surface area contributed by atoms with Gasteiger partial charge in [-0.15, -0.1) is 0 Å². The smallest absolute Gasteiger partial charge is 0.139 e. The van der Waals surface area contributed by atoms with E-state index in [0.29, 0.717) is 11.7 Å². The summed E-state index contributed by atoms with van der Waals surface area (Å²) in [5, 5.41) is 9.77. The molecule has 3 unspecified atom stereocenters. The highest BCUT2D eigenvalue weighted by Gasteiger charge is 2.29. The number of rotatable bonds is 8. The van der Waals surface area contributed by atoms with Gasteiger partial charge in [0.25, 0.3) is 0 Å². The predicted molar refractivity (Wildman–Crippen MR) is 109 cm³/mol. The Morgan fingerprint density at radius 3 is 2.36 bits per heavy atom. The van der Waals surface area contributed by atoms with E-state index in [1.807, 2.05) is 7.85 Å². The third-order valence-electron chi connectivity index (χ3n) is 5.44. The van der Waals surface area contributed by atoms with Crippen molar-refractivity contribution < 1.29 is 5.11 Å². The lowest BCUT2D eigenvalue weighted by atomic mass is 9.53. The van der Waals surface area contributed by atoms with Crippen molar-refractivity contribution in [2.45, 2.75) is 56.2 Å². The van der Waals surface area contributed by atoms with Crippen molar-refractivity contribution in [3.05, 3.63) is 29.8 Å². The average molecular weight is 297 g/mol. The van der Waals surface area contributed by atoms with Crippen LogP contribution < -0.4 is 4.90 Å². The molecule has 1 aromatic carbocycles. The lowest BCUT2D eigenvalue weighted by molar-refractivity contribution is 0.234. The molecule has 0 aromatic heterocycles. The molecule has 0 aliphatic carbocycles. The molecule has 1 aromatic rings. The lowest BCUT2D eigenvalue weighted by Gasteiger charge is -2.41. The van der Waals surface area contributed by atoms with Crippen LogP contribution >= 0.6 is 0 Å². The molecule has 118 valence electrons. The number of anilines is 1. The Bertz CT molecular complexity index is 467. The fourth-order valence-corrected chi connectivity index (χ4v) is 3.20. The van der Waals surface area contributed by atoms with Crippen LogP contribution in [0.25, 0.3) is 0 Å². The molecule has 0 amide bonds. The molecule has 0 heterocycles. The van der Waals surface area contributed by atoms with Crippen LogP contribution in [0.4, 0.5) is 5.69 Å². The Hall–Kier alpha value is -0.760. The second-order valence-electron chi connectivity index (χ2n) is 7.26. The molecule has 2 nitrogen and oxygen atoms in total. The Kier molecular flexibility index (Phi) is 7.18. The summed E-state index contributed by atoms with van der Waals surface area (Å²) in [4.78, 5) is 2.19. The predicted octanol–water partition coefficient (Wildman–Crippen LogP) is -0.290. The van der Waals surface area contributed by atoms with E-state index in [9.17, 15) is 5.11 Å². The van der Waals surface area contributed by atoms with Gasteiger partial charge in [0.15, 0.2) is 0 Å². The minimum Gasteiger partial charge on any atom is -0.401 e. The second-order valence-corrected chi connectivity index (χ2v) is 7.26. The van der Waals surface area contributed by atoms with Crippen LogP contribution in [0.3, 0.4) is 0 Å². The molecule has 0 radical (unpaired) electrons. The van der Waals surface area contributed by atoms with Crippen LogP contribution in [-0.4, -0.2) is 54.9 Å². The first-order chi connectivity index (χ1) is 10.3.